The molecular formula is C16H34O4S. The molecule has 0 saturated carbocycles. The highest BCUT2D eigenvalue weighted by atomic mass is 32.2. The van der Waals surface area contributed by atoms with Crippen molar-refractivity contribution in [2.45, 2.75) is 96.5 Å². The summed E-state index contributed by atoms with van der Waals surface area (Å²) in [6.45, 7) is 2.24. The fourth-order valence-electron chi connectivity index (χ4n) is 2.55. The summed E-state index contributed by atoms with van der Waals surface area (Å²) < 4.78 is 29.7. The summed E-state index contributed by atoms with van der Waals surface area (Å²) in [5.41, 5.74) is 0. The molecule has 1 atom stereocenters. The molecular weight excluding hydrogens is 288 g/mol. The summed E-state index contributed by atoms with van der Waals surface area (Å²) in [5.74, 6) is -0.537. The van der Waals surface area contributed by atoms with Gasteiger partial charge in [-0.3, -0.25) is 4.55 Å². The Morgan fingerprint density at radius 2 is 1.14 bits per heavy atom. The molecule has 0 aliphatic rings. The van der Waals surface area contributed by atoms with Crippen molar-refractivity contribution in [3.63, 3.8) is 0 Å². The molecule has 0 fully saturated rings. The van der Waals surface area contributed by atoms with Gasteiger partial charge in [-0.25, -0.2) is 0 Å². The van der Waals surface area contributed by atoms with Crippen LogP contribution in [-0.4, -0.2) is 29.9 Å². The van der Waals surface area contributed by atoms with E-state index in [2.05, 4.69) is 6.92 Å². The topological polar surface area (TPSA) is 74.6 Å². The monoisotopic (exact) mass is 322 g/mol. The second-order valence-corrected chi connectivity index (χ2v) is 7.58. The van der Waals surface area contributed by atoms with E-state index in [0.29, 0.717) is 6.42 Å². The van der Waals surface area contributed by atoms with Crippen LogP contribution in [0, 0.1) is 0 Å². The number of aliphatic hydroxyl groups is 1. The molecule has 0 aromatic rings. The Hall–Kier alpha value is -0.130. The minimum atomic E-state index is -4.04. The van der Waals surface area contributed by atoms with Crippen LogP contribution in [0.5, 0.6) is 0 Å². The van der Waals surface area contributed by atoms with Crippen molar-refractivity contribution in [2.24, 2.45) is 0 Å². The first kappa shape index (κ1) is 20.9. The first-order valence-electron chi connectivity index (χ1n) is 8.59. The van der Waals surface area contributed by atoms with Gasteiger partial charge in [0, 0.05) is 0 Å². The van der Waals surface area contributed by atoms with Crippen LogP contribution >= 0.6 is 0 Å². The maximum Gasteiger partial charge on any atom is 0.267 e. The minimum Gasteiger partial charge on any atom is -0.392 e. The third-order valence-electron chi connectivity index (χ3n) is 3.79. The summed E-state index contributed by atoms with van der Waals surface area (Å²) >= 11 is 0. The molecule has 0 amide bonds. The summed E-state index contributed by atoms with van der Waals surface area (Å²) in [4.78, 5) is 0. The van der Waals surface area contributed by atoms with Crippen molar-refractivity contribution in [1.82, 2.24) is 0 Å². The minimum absolute atomic E-state index is 0.456. The summed E-state index contributed by atoms with van der Waals surface area (Å²) in [6.07, 6.45) is 14.5. The van der Waals surface area contributed by atoms with Crippen molar-refractivity contribution >= 4 is 10.1 Å². The van der Waals surface area contributed by atoms with E-state index in [-0.39, 0.29) is 0 Å². The first-order valence-corrected chi connectivity index (χ1v) is 10.2. The van der Waals surface area contributed by atoms with Gasteiger partial charge in [0.25, 0.3) is 10.1 Å². The van der Waals surface area contributed by atoms with E-state index in [4.69, 9.17) is 4.55 Å². The number of aliphatic hydroxyl groups excluding tert-OH is 1. The molecule has 0 aromatic heterocycles. The average molecular weight is 323 g/mol. The van der Waals surface area contributed by atoms with Crippen molar-refractivity contribution in [3.8, 4) is 0 Å². The van der Waals surface area contributed by atoms with E-state index in [1.807, 2.05) is 0 Å². The lowest BCUT2D eigenvalue weighted by Gasteiger charge is -2.08. The van der Waals surface area contributed by atoms with Crippen LogP contribution in [0.4, 0.5) is 0 Å². The van der Waals surface area contributed by atoms with Gasteiger partial charge in [0.2, 0.25) is 0 Å². The van der Waals surface area contributed by atoms with Crippen LogP contribution in [-0.2, 0) is 10.1 Å². The Balaban J connectivity index is 3.19. The molecule has 0 spiro atoms. The van der Waals surface area contributed by atoms with Gasteiger partial charge in [0.1, 0.15) is 5.75 Å². The number of rotatable bonds is 15. The molecule has 0 aromatic carbocycles. The normalized spacial score (nSPS) is 13.5. The molecule has 0 rings (SSSR count). The maximum atomic E-state index is 10.6. The molecule has 0 bridgehead atoms. The van der Waals surface area contributed by atoms with Gasteiger partial charge in [-0.2, -0.15) is 8.42 Å². The van der Waals surface area contributed by atoms with Gasteiger partial charge in [0.15, 0.2) is 0 Å². The Morgan fingerprint density at radius 1 is 0.762 bits per heavy atom. The molecule has 21 heavy (non-hydrogen) atoms. The molecule has 128 valence electrons. The van der Waals surface area contributed by atoms with Crippen LogP contribution in [0.15, 0.2) is 0 Å². The lowest BCUT2D eigenvalue weighted by Crippen LogP contribution is -2.19. The molecule has 5 heteroatoms. The van der Waals surface area contributed by atoms with Crippen LogP contribution < -0.4 is 0 Å². The Kier molecular flexibility index (Phi) is 13.4. The smallest absolute Gasteiger partial charge is 0.267 e. The van der Waals surface area contributed by atoms with Crippen LogP contribution in [0.3, 0.4) is 0 Å². The zero-order valence-electron chi connectivity index (χ0n) is 13.6. The molecule has 0 radical (unpaired) electrons. The van der Waals surface area contributed by atoms with Crippen LogP contribution in [0.25, 0.3) is 0 Å². The third kappa shape index (κ3) is 17.8. The second-order valence-electron chi connectivity index (χ2n) is 6.08. The standard InChI is InChI=1S/C16H34O4S/c1-2-3-4-5-6-7-8-9-10-11-12-13-14-16(17)15-21(18,19)20/h16-17H,2-15H2,1H3,(H,18,19,20). The Labute approximate surface area is 131 Å². The van der Waals surface area contributed by atoms with Crippen molar-refractivity contribution < 1.29 is 18.1 Å². The SMILES string of the molecule is CCCCCCCCCCCCCCC(O)CS(=O)(=O)O. The maximum absolute atomic E-state index is 10.6. The van der Waals surface area contributed by atoms with Gasteiger partial charge < -0.3 is 5.11 Å². The number of hydrogen-bond donors (Lipinski definition) is 2. The van der Waals surface area contributed by atoms with E-state index >= 15 is 0 Å². The predicted molar refractivity (Wildman–Crippen MR) is 88.1 cm³/mol. The van der Waals surface area contributed by atoms with E-state index in [0.717, 1.165) is 19.3 Å². The molecule has 0 heterocycles. The molecule has 4 nitrogen and oxygen atoms in total. The van der Waals surface area contributed by atoms with Gasteiger partial charge >= 0.3 is 0 Å². The molecule has 0 aliphatic carbocycles. The van der Waals surface area contributed by atoms with Crippen molar-refractivity contribution in [3.05, 3.63) is 0 Å². The van der Waals surface area contributed by atoms with Crippen molar-refractivity contribution in [1.29, 1.82) is 0 Å². The molecule has 1 unspecified atom stereocenters. The van der Waals surface area contributed by atoms with E-state index in [1.165, 1.54) is 57.8 Å². The highest BCUT2D eigenvalue weighted by molar-refractivity contribution is 7.85. The summed E-state index contributed by atoms with van der Waals surface area (Å²) in [5, 5.41) is 9.41. The third-order valence-corrected chi connectivity index (χ3v) is 4.60. The van der Waals surface area contributed by atoms with Crippen LogP contribution in [0.2, 0.25) is 0 Å². The summed E-state index contributed by atoms with van der Waals surface area (Å²) in [7, 11) is -4.04. The van der Waals surface area contributed by atoms with Gasteiger partial charge in [-0.1, -0.05) is 84.0 Å². The number of hydrogen-bond acceptors (Lipinski definition) is 3. The molecule has 0 saturated heterocycles. The first-order chi connectivity index (χ1) is 9.95. The average Bonchev–Trinajstić information content (AvgIpc) is 2.38. The van der Waals surface area contributed by atoms with Gasteiger partial charge in [-0.15, -0.1) is 0 Å². The largest absolute Gasteiger partial charge is 0.392 e. The fraction of sp³-hybridized carbons (Fsp3) is 1.00. The zero-order valence-corrected chi connectivity index (χ0v) is 14.4. The quantitative estimate of drug-likeness (QED) is 0.348. The second kappa shape index (κ2) is 13.5. The van der Waals surface area contributed by atoms with Gasteiger partial charge in [-0.05, 0) is 6.42 Å². The fourth-order valence-corrected chi connectivity index (χ4v) is 3.20. The van der Waals surface area contributed by atoms with Crippen LogP contribution in [0.1, 0.15) is 90.4 Å². The van der Waals surface area contributed by atoms with Gasteiger partial charge in [0.05, 0.1) is 6.10 Å². The predicted octanol–water partition coefficient (Wildman–Crippen LogP) is 4.33. The Bertz CT molecular complexity index is 314. The Morgan fingerprint density at radius 3 is 1.52 bits per heavy atom. The number of unbranched alkanes of at least 4 members (excludes halogenated alkanes) is 11. The van der Waals surface area contributed by atoms with E-state index in [1.54, 1.807) is 0 Å². The lowest BCUT2D eigenvalue weighted by molar-refractivity contribution is 0.180. The highest BCUT2D eigenvalue weighted by Gasteiger charge is 2.13. The summed E-state index contributed by atoms with van der Waals surface area (Å²) in [6, 6.07) is 0. The highest BCUT2D eigenvalue weighted by Crippen LogP contribution is 2.13. The van der Waals surface area contributed by atoms with Crippen molar-refractivity contribution in [2.75, 3.05) is 5.75 Å². The van der Waals surface area contributed by atoms with E-state index in [9.17, 15) is 13.5 Å². The molecule has 2 N–H and O–H groups in total. The van der Waals surface area contributed by atoms with E-state index < -0.39 is 22.0 Å². The lowest BCUT2D eigenvalue weighted by atomic mass is 10.0. The molecule has 0 aliphatic heterocycles. The zero-order chi connectivity index (χ0) is 16.0.